The van der Waals surface area contributed by atoms with Crippen LogP contribution in [-0.2, 0) is 22.5 Å². The van der Waals surface area contributed by atoms with Gasteiger partial charge in [-0.05, 0) is 37.0 Å². The number of likely N-dealkylation sites (tertiary alicyclic amines) is 1. The van der Waals surface area contributed by atoms with Gasteiger partial charge in [-0.2, -0.15) is 0 Å². The van der Waals surface area contributed by atoms with Gasteiger partial charge in [0.25, 0.3) is 0 Å². The molecule has 0 unspecified atom stereocenters. The molecular formula is C25H30N2O2. The summed E-state index contributed by atoms with van der Waals surface area (Å²) in [6.07, 6.45) is 0.335. The summed E-state index contributed by atoms with van der Waals surface area (Å²) < 4.78 is 7.70. The number of aromatic nitrogens is 1. The summed E-state index contributed by atoms with van der Waals surface area (Å²) in [6, 6.07) is 19.6. The fourth-order valence-corrected chi connectivity index (χ4v) is 4.82. The van der Waals surface area contributed by atoms with Crippen molar-refractivity contribution in [3.8, 4) is 0 Å². The molecule has 152 valence electrons. The quantitative estimate of drug-likeness (QED) is 0.570. The molecule has 0 aliphatic carbocycles. The van der Waals surface area contributed by atoms with Crippen molar-refractivity contribution < 1.29 is 9.53 Å². The van der Waals surface area contributed by atoms with Crippen LogP contribution in [0.3, 0.4) is 0 Å². The van der Waals surface area contributed by atoms with E-state index in [0.717, 1.165) is 25.2 Å². The van der Waals surface area contributed by atoms with Crippen LogP contribution >= 0.6 is 0 Å². The molecule has 2 aromatic carbocycles. The zero-order chi connectivity index (χ0) is 20.4. The van der Waals surface area contributed by atoms with Crippen molar-refractivity contribution >= 4 is 16.9 Å². The first-order chi connectivity index (χ1) is 14.1. The van der Waals surface area contributed by atoms with Crippen molar-refractivity contribution in [1.82, 2.24) is 9.47 Å². The molecule has 2 heterocycles. The van der Waals surface area contributed by atoms with Gasteiger partial charge in [0, 0.05) is 36.2 Å². The highest BCUT2D eigenvalue weighted by Gasteiger charge is 2.33. The molecule has 1 aromatic heterocycles. The van der Waals surface area contributed by atoms with Crippen LogP contribution in [0.25, 0.3) is 10.9 Å². The molecule has 0 bridgehead atoms. The number of rotatable bonds is 6. The normalized spacial score (nSPS) is 19.7. The Bertz CT molecular complexity index is 993. The minimum atomic E-state index is -0.149. The molecule has 0 N–H and O–H groups in total. The van der Waals surface area contributed by atoms with Gasteiger partial charge in [-0.1, -0.05) is 55.5 Å². The van der Waals surface area contributed by atoms with Crippen molar-refractivity contribution in [1.29, 1.82) is 0 Å². The monoisotopic (exact) mass is 390 g/mol. The minimum absolute atomic E-state index is 0.149. The number of hydrogen-bond acceptors (Lipinski definition) is 3. The highest BCUT2D eigenvalue weighted by molar-refractivity contribution is 5.89. The molecule has 0 radical (unpaired) electrons. The van der Waals surface area contributed by atoms with E-state index >= 15 is 0 Å². The van der Waals surface area contributed by atoms with Crippen LogP contribution in [0.15, 0.2) is 54.6 Å². The first-order valence-corrected chi connectivity index (χ1v) is 10.6. The predicted octanol–water partition coefficient (Wildman–Crippen LogP) is 4.75. The third kappa shape index (κ3) is 3.95. The number of carbonyl (C=O) groups is 1. The lowest BCUT2D eigenvalue weighted by Gasteiger charge is -2.21. The molecule has 1 aliphatic heterocycles. The Morgan fingerprint density at radius 3 is 2.55 bits per heavy atom. The Hall–Kier alpha value is -2.59. The number of ether oxygens (including phenoxy) is 1. The van der Waals surface area contributed by atoms with Crippen LogP contribution in [0.5, 0.6) is 0 Å². The van der Waals surface area contributed by atoms with E-state index in [1.165, 1.54) is 22.2 Å². The highest BCUT2D eigenvalue weighted by Crippen LogP contribution is 2.36. The predicted molar refractivity (Wildman–Crippen MR) is 117 cm³/mol. The van der Waals surface area contributed by atoms with E-state index in [9.17, 15) is 4.79 Å². The number of benzene rings is 2. The molecule has 4 heteroatoms. The molecule has 29 heavy (non-hydrogen) atoms. The summed E-state index contributed by atoms with van der Waals surface area (Å²) in [7, 11) is 0. The molecule has 0 saturated carbocycles. The third-order valence-corrected chi connectivity index (χ3v) is 6.14. The van der Waals surface area contributed by atoms with Gasteiger partial charge < -0.3 is 9.30 Å². The van der Waals surface area contributed by atoms with Gasteiger partial charge in [-0.25, -0.2) is 0 Å². The number of hydrogen-bond donors (Lipinski definition) is 0. The second kappa shape index (κ2) is 8.42. The average molecular weight is 391 g/mol. The number of esters is 1. The summed E-state index contributed by atoms with van der Waals surface area (Å²) in [5.74, 6) is 0.396. The zero-order valence-electron chi connectivity index (χ0n) is 17.6. The molecule has 4 rings (SSSR count). The van der Waals surface area contributed by atoms with Gasteiger partial charge in [0.05, 0.1) is 19.1 Å². The lowest BCUT2D eigenvalue weighted by atomic mass is 10.1. The van der Waals surface area contributed by atoms with Crippen molar-refractivity contribution in [2.24, 2.45) is 5.92 Å². The molecule has 0 spiro atoms. The standard InChI is InChI=1S/C25H30N2O2/c1-4-29-25(28)14-22-19(3)27(23-13-9-8-12-21(22)23)24-17-26(15-18(24)2)16-20-10-6-5-7-11-20/h5-13,18,24H,4,14-17H2,1-3H3/t18-,24+/m1/s1. The van der Waals surface area contributed by atoms with E-state index in [1.54, 1.807) is 0 Å². The van der Waals surface area contributed by atoms with Gasteiger partial charge in [0.15, 0.2) is 0 Å². The average Bonchev–Trinajstić information content (AvgIpc) is 3.20. The number of nitrogens with zero attached hydrogens (tertiary/aromatic N) is 2. The lowest BCUT2D eigenvalue weighted by molar-refractivity contribution is -0.142. The highest BCUT2D eigenvalue weighted by atomic mass is 16.5. The summed E-state index contributed by atoms with van der Waals surface area (Å²) >= 11 is 0. The Labute approximate surface area is 173 Å². The van der Waals surface area contributed by atoms with E-state index in [-0.39, 0.29) is 5.97 Å². The van der Waals surface area contributed by atoms with Gasteiger partial charge >= 0.3 is 5.97 Å². The minimum Gasteiger partial charge on any atom is -0.466 e. The van der Waals surface area contributed by atoms with Crippen LogP contribution in [-0.4, -0.2) is 35.1 Å². The van der Waals surface area contributed by atoms with Crippen LogP contribution in [0.1, 0.15) is 36.7 Å². The molecule has 1 saturated heterocycles. The first kappa shape index (κ1) is 19.7. The number of para-hydroxylation sites is 1. The summed E-state index contributed by atoms with van der Waals surface area (Å²) in [6.45, 7) is 9.86. The number of carbonyl (C=O) groups excluding carboxylic acids is 1. The van der Waals surface area contributed by atoms with Gasteiger partial charge in [-0.15, -0.1) is 0 Å². The maximum absolute atomic E-state index is 12.2. The maximum atomic E-state index is 12.2. The summed E-state index contributed by atoms with van der Waals surface area (Å²) in [5, 5.41) is 1.17. The lowest BCUT2D eigenvalue weighted by Crippen LogP contribution is -2.21. The van der Waals surface area contributed by atoms with Gasteiger partial charge in [0.1, 0.15) is 0 Å². The van der Waals surface area contributed by atoms with Crippen LogP contribution in [0.2, 0.25) is 0 Å². The Kier molecular flexibility index (Phi) is 5.72. The van der Waals surface area contributed by atoms with Gasteiger partial charge in [-0.3, -0.25) is 9.69 Å². The summed E-state index contributed by atoms with van der Waals surface area (Å²) in [5.41, 5.74) is 4.88. The van der Waals surface area contributed by atoms with E-state index in [2.05, 4.69) is 77.9 Å². The molecule has 0 amide bonds. The Balaban J connectivity index is 1.65. The second-order valence-electron chi connectivity index (χ2n) is 8.16. The van der Waals surface area contributed by atoms with Crippen LogP contribution in [0.4, 0.5) is 0 Å². The fourth-order valence-electron chi connectivity index (χ4n) is 4.82. The molecule has 1 aliphatic rings. The first-order valence-electron chi connectivity index (χ1n) is 10.6. The number of fused-ring (bicyclic) bond motifs is 1. The Morgan fingerprint density at radius 2 is 1.79 bits per heavy atom. The third-order valence-electron chi connectivity index (χ3n) is 6.14. The van der Waals surface area contributed by atoms with Crippen molar-refractivity contribution in [2.75, 3.05) is 19.7 Å². The van der Waals surface area contributed by atoms with Crippen LogP contribution < -0.4 is 0 Å². The Morgan fingerprint density at radius 1 is 1.07 bits per heavy atom. The molecule has 3 aromatic rings. The molecule has 1 fully saturated rings. The van der Waals surface area contributed by atoms with Crippen LogP contribution in [0, 0.1) is 12.8 Å². The molecule has 4 nitrogen and oxygen atoms in total. The van der Waals surface area contributed by atoms with Crippen molar-refractivity contribution in [3.63, 3.8) is 0 Å². The SMILES string of the molecule is CCOC(=O)Cc1c(C)n([C@H]2CN(Cc3ccccc3)C[C@H]2C)c2ccccc12. The topological polar surface area (TPSA) is 34.5 Å². The van der Waals surface area contributed by atoms with E-state index in [4.69, 9.17) is 4.74 Å². The van der Waals surface area contributed by atoms with Crippen molar-refractivity contribution in [2.45, 2.75) is 39.8 Å². The maximum Gasteiger partial charge on any atom is 0.310 e. The van der Waals surface area contributed by atoms with E-state index in [0.29, 0.717) is 25.0 Å². The molecular weight excluding hydrogens is 360 g/mol. The van der Waals surface area contributed by atoms with Crippen molar-refractivity contribution in [3.05, 3.63) is 71.4 Å². The smallest absolute Gasteiger partial charge is 0.310 e. The fraction of sp³-hybridized carbons (Fsp3) is 0.400. The second-order valence-corrected chi connectivity index (χ2v) is 8.16. The summed E-state index contributed by atoms with van der Waals surface area (Å²) in [4.78, 5) is 14.8. The van der Waals surface area contributed by atoms with E-state index < -0.39 is 0 Å². The molecule has 2 atom stereocenters. The van der Waals surface area contributed by atoms with E-state index in [1.807, 2.05) is 6.92 Å². The van der Waals surface area contributed by atoms with Gasteiger partial charge in [0.2, 0.25) is 0 Å². The zero-order valence-corrected chi connectivity index (χ0v) is 17.6. The largest absolute Gasteiger partial charge is 0.466 e.